The van der Waals surface area contributed by atoms with Crippen LogP contribution in [-0.2, 0) is 9.57 Å². The Morgan fingerprint density at radius 1 is 1.00 bits per heavy atom. The molecule has 31 heavy (non-hydrogen) atoms. The average Bonchev–Trinajstić information content (AvgIpc) is 2.80. The van der Waals surface area contributed by atoms with Crippen molar-refractivity contribution in [1.82, 2.24) is 0 Å². The van der Waals surface area contributed by atoms with Crippen molar-refractivity contribution in [2.24, 2.45) is 11.1 Å². The highest BCUT2D eigenvalue weighted by Gasteiger charge is 2.31. The fraction of sp³-hybridized carbons (Fsp3) is 0.182. The van der Waals surface area contributed by atoms with E-state index >= 15 is 0 Å². The van der Waals surface area contributed by atoms with Crippen LogP contribution in [0.5, 0.6) is 0 Å². The van der Waals surface area contributed by atoms with E-state index < -0.39 is 40.6 Å². The molecule has 2 aromatic carbocycles. The molecule has 0 fully saturated rings. The smallest absolute Gasteiger partial charge is 0.371 e. The maximum Gasteiger partial charge on any atom is 0.371 e. The van der Waals surface area contributed by atoms with Gasteiger partial charge in [0.05, 0.1) is 12.8 Å². The van der Waals surface area contributed by atoms with Gasteiger partial charge in [-0.2, -0.15) is 0 Å². The molecule has 0 heterocycles. The molecule has 2 aromatic rings. The summed E-state index contributed by atoms with van der Waals surface area (Å²) < 4.78 is 72.7. The Balaban J connectivity index is 1.88. The van der Waals surface area contributed by atoms with Crippen LogP contribution in [0.1, 0.15) is 28.8 Å². The number of nitrogens with zero attached hydrogens (tertiary/aromatic N) is 1. The molecule has 0 aromatic heterocycles. The van der Waals surface area contributed by atoms with E-state index in [0.717, 1.165) is 0 Å². The summed E-state index contributed by atoms with van der Waals surface area (Å²) in [5.74, 6) is -12.6. The number of rotatable bonds is 6. The molecule has 162 valence electrons. The number of methoxy groups -OCH3 is 1. The van der Waals surface area contributed by atoms with Crippen LogP contribution in [0.4, 0.5) is 22.0 Å². The van der Waals surface area contributed by atoms with Gasteiger partial charge in [-0.15, -0.1) is 0 Å². The summed E-state index contributed by atoms with van der Waals surface area (Å²) in [6, 6.07) is 8.50. The monoisotopic (exact) mass is 437 g/mol. The SMILES string of the molecule is COC1=CCC(C/C(=N/OC(=O)c2c(F)c(F)c(F)c(F)c2F)c2ccccc2)C=C1. The van der Waals surface area contributed by atoms with E-state index in [9.17, 15) is 26.7 Å². The molecule has 0 aliphatic heterocycles. The fourth-order valence-corrected chi connectivity index (χ4v) is 2.96. The molecule has 9 heteroatoms. The number of oxime groups is 1. The van der Waals surface area contributed by atoms with Crippen LogP contribution in [0.25, 0.3) is 0 Å². The van der Waals surface area contributed by atoms with Crippen molar-refractivity contribution in [1.29, 1.82) is 0 Å². The van der Waals surface area contributed by atoms with Crippen LogP contribution in [0.3, 0.4) is 0 Å². The maximum absolute atomic E-state index is 13.8. The third-order valence-electron chi connectivity index (χ3n) is 4.61. The highest BCUT2D eigenvalue weighted by atomic mass is 19.2. The Morgan fingerprint density at radius 3 is 2.16 bits per heavy atom. The Labute approximate surface area is 174 Å². The van der Waals surface area contributed by atoms with E-state index in [1.54, 1.807) is 36.4 Å². The molecule has 3 rings (SSSR count). The van der Waals surface area contributed by atoms with Crippen LogP contribution < -0.4 is 0 Å². The van der Waals surface area contributed by atoms with Crippen molar-refractivity contribution >= 4 is 11.7 Å². The molecule has 4 nitrogen and oxygen atoms in total. The normalized spacial score (nSPS) is 16.1. The number of hydrogen-bond donors (Lipinski definition) is 0. The molecule has 0 amide bonds. The van der Waals surface area contributed by atoms with Gasteiger partial charge in [0.25, 0.3) is 0 Å². The lowest BCUT2D eigenvalue weighted by Crippen LogP contribution is -2.15. The van der Waals surface area contributed by atoms with Gasteiger partial charge in [-0.3, -0.25) is 0 Å². The first-order valence-corrected chi connectivity index (χ1v) is 9.10. The van der Waals surface area contributed by atoms with E-state index in [0.29, 0.717) is 17.7 Å². The Kier molecular flexibility index (Phi) is 6.84. The summed E-state index contributed by atoms with van der Waals surface area (Å²) in [7, 11) is 1.53. The number of carbonyl (C=O) groups is 1. The first-order chi connectivity index (χ1) is 14.8. The second-order valence-corrected chi connectivity index (χ2v) is 6.60. The van der Waals surface area contributed by atoms with Gasteiger partial charge < -0.3 is 9.57 Å². The fourth-order valence-electron chi connectivity index (χ4n) is 2.96. The van der Waals surface area contributed by atoms with Crippen molar-refractivity contribution < 1.29 is 36.3 Å². The molecule has 0 N–H and O–H groups in total. The van der Waals surface area contributed by atoms with Gasteiger partial charge in [-0.05, 0) is 30.1 Å². The predicted molar refractivity (Wildman–Crippen MR) is 102 cm³/mol. The summed E-state index contributed by atoms with van der Waals surface area (Å²) in [6.07, 6.45) is 6.35. The highest BCUT2D eigenvalue weighted by molar-refractivity contribution is 6.01. The van der Waals surface area contributed by atoms with Crippen molar-refractivity contribution in [2.75, 3.05) is 7.11 Å². The Morgan fingerprint density at radius 2 is 1.61 bits per heavy atom. The van der Waals surface area contributed by atoms with Crippen molar-refractivity contribution in [3.05, 3.63) is 94.5 Å². The van der Waals surface area contributed by atoms with Crippen LogP contribution in [0.2, 0.25) is 0 Å². The molecule has 1 unspecified atom stereocenters. The minimum Gasteiger partial charge on any atom is -0.497 e. The van der Waals surface area contributed by atoms with Gasteiger partial charge in [-0.25, -0.2) is 26.7 Å². The summed E-state index contributed by atoms with van der Waals surface area (Å²) >= 11 is 0. The Hall–Kier alpha value is -3.49. The minimum atomic E-state index is -2.37. The molecule has 1 aliphatic carbocycles. The van der Waals surface area contributed by atoms with E-state index in [1.165, 1.54) is 7.11 Å². The van der Waals surface area contributed by atoms with Crippen LogP contribution in [-0.4, -0.2) is 18.8 Å². The van der Waals surface area contributed by atoms with Crippen LogP contribution >= 0.6 is 0 Å². The van der Waals surface area contributed by atoms with Gasteiger partial charge in [0.1, 0.15) is 11.3 Å². The lowest BCUT2D eigenvalue weighted by atomic mass is 9.92. The summed E-state index contributed by atoms with van der Waals surface area (Å²) in [4.78, 5) is 16.7. The van der Waals surface area contributed by atoms with E-state index in [4.69, 9.17) is 4.74 Å². The molecule has 0 spiro atoms. The lowest BCUT2D eigenvalue weighted by molar-refractivity contribution is 0.0500. The standard InChI is InChI=1S/C22H16F5NO3/c1-30-14-9-7-12(8-10-14)11-15(13-5-3-2-4-6-13)28-31-22(29)16-17(23)19(25)21(27)20(26)18(16)24/h2-7,9-10,12H,8,11H2,1H3/b28-15-. The quantitative estimate of drug-likeness (QED) is 0.151. The van der Waals surface area contributed by atoms with Gasteiger partial charge in [0, 0.05) is 6.42 Å². The molecule has 0 saturated carbocycles. The number of allylic oxidation sites excluding steroid dienone is 3. The summed E-state index contributed by atoms with van der Waals surface area (Å²) in [5.41, 5.74) is -0.901. The Bertz CT molecular complexity index is 1050. The van der Waals surface area contributed by atoms with Gasteiger partial charge in [-0.1, -0.05) is 41.6 Å². The summed E-state index contributed by atoms with van der Waals surface area (Å²) in [6.45, 7) is 0. The zero-order valence-electron chi connectivity index (χ0n) is 16.2. The first kappa shape index (κ1) is 22.2. The first-order valence-electron chi connectivity index (χ1n) is 9.10. The van der Waals surface area contributed by atoms with E-state index in [-0.39, 0.29) is 18.1 Å². The number of hydrogen-bond acceptors (Lipinski definition) is 4. The molecule has 1 atom stereocenters. The van der Waals surface area contributed by atoms with Crippen molar-refractivity contribution in [3.8, 4) is 0 Å². The average molecular weight is 437 g/mol. The molecule has 1 aliphatic rings. The second kappa shape index (κ2) is 9.55. The van der Waals surface area contributed by atoms with Gasteiger partial charge in [0.15, 0.2) is 23.3 Å². The molecular weight excluding hydrogens is 421 g/mol. The largest absolute Gasteiger partial charge is 0.497 e. The van der Waals surface area contributed by atoms with Gasteiger partial charge in [0.2, 0.25) is 5.82 Å². The predicted octanol–water partition coefficient (Wildman–Crippen LogP) is 5.44. The summed E-state index contributed by atoms with van der Waals surface area (Å²) in [5, 5.41) is 3.68. The number of carbonyl (C=O) groups excluding carboxylic acids is 1. The van der Waals surface area contributed by atoms with Crippen LogP contribution in [0, 0.1) is 35.0 Å². The van der Waals surface area contributed by atoms with E-state index in [1.807, 2.05) is 12.2 Å². The van der Waals surface area contributed by atoms with Crippen LogP contribution in [0.15, 0.2) is 59.5 Å². The molecule has 0 bridgehead atoms. The lowest BCUT2D eigenvalue weighted by Gasteiger charge is -2.16. The zero-order valence-corrected chi connectivity index (χ0v) is 16.2. The van der Waals surface area contributed by atoms with Crippen molar-refractivity contribution in [2.45, 2.75) is 12.8 Å². The molecule has 0 saturated heterocycles. The molecular formula is C22H16F5NO3. The van der Waals surface area contributed by atoms with Crippen molar-refractivity contribution in [3.63, 3.8) is 0 Å². The van der Waals surface area contributed by atoms with E-state index in [2.05, 4.69) is 9.99 Å². The van der Waals surface area contributed by atoms with Gasteiger partial charge >= 0.3 is 5.97 Å². The molecule has 0 radical (unpaired) electrons. The third-order valence-corrected chi connectivity index (χ3v) is 4.61. The minimum absolute atomic E-state index is 0.0502. The second-order valence-electron chi connectivity index (χ2n) is 6.60. The number of halogens is 5. The third kappa shape index (κ3) is 4.82. The number of ether oxygens (including phenoxy) is 1. The highest BCUT2D eigenvalue weighted by Crippen LogP contribution is 2.25. The zero-order chi connectivity index (χ0) is 22.5. The maximum atomic E-state index is 13.8. The number of benzene rings is 2. The topological polar surface area (TPSA) is 47.9 Å².